The van der Waals surface area contributed by atoms with Crippen LogP contribution in [0, 0.1) is 10.8 Å². The van der Waals surface area contributed by atoms with Crippen LogP contribution < -0.4 is 5.32 Å². The summed E-state index contributed by atoms with van der Waals surface area (Å²) >= 11 is 0. The zero-order chi connectivity index (χ0) is 13.2. The highest BCUT2D eigenvalue weighted by Gasteiger charge is 2.40. The van der Waals surface area contributed by atoms with Gasteiger partial charge in [-0.05, 0) is 38.6 Å². The lowest BCUT2D eigenvalue weighted by Crippen LogP contribution is -2.54. The van der Waals surface area contributed by atoms with Crippen molar-refractivity contribution in [2.75, 3.05) is 26.2 Å². The number of carbonyl (C=O) groups excluding carboxylic acids is 1. The molecule has 0 aromatic rings. The van der Waals surface area contributed by atoms with Crippen molar-refractivity contribution in [2.24, 2.45) is 10.8 Å². The summed E-state index contributed by atoms with van der Waals surface area (Å²) in [7, 11) is 0. The van der Waals surface area contributed by atoms with Gasteiger partial charge < -0.3 is 10.2 Å². The third-order valence-corrected chi connectivity index (χ3v) is 4.97. The Kier molecular flexibility index (Phi) is 4.00. The van der Waals surface area contributed by atoms with Crippen molar-refractivity contribution < 1.29 is 4.79 Å². The number of nitrogens with one attached hydrogen (secondary N) is 1. The fourth-order valence-corrected chi connectivity index (χ4v) is 3.34. The van der Waals surface area contributed by atoms with Gasteiger partial charge in [-0.2, -0.15) is 0 Å². The minimum atomic E-state index is -0.194. The highest BCUT2D eigenvalue weighted by Crippen LogP contribution is 2.37. The van der Waals surface area contributed by atoms with Crippen LogP contribution in [-0.4, -0.2) is 37.0 Å². The largest absolute Gasteiger partial charge is 0.342 e. The van der Waals surface area contributed by atoms with Gasteiger partial charge in [0.15, 0.2) is 0 Å². The van der Waals surface area contributed by atoms with E-state index in [-0.39, 0.29) is 5.41 Å². The molecule has 18 heavy (non-hydrogen) atoms. The molecular formula is C15H28N2O. The van der Waals surface area contributed by atoms with Crippen LogP contribution >= 0.6 is 0 Å². The predicted molar refractivity (Wildman–Crippen MR) is 74.4 cm³/mol. The minimum absolute atomic E-state index is 0.194. The molecule has 2 rings (SSSR count). The van der Waals surface area contributed by atoms with Gasteiger partial charge in [-0.1, -0.05) is 20.8 Å². The van der Waals surface area contributed by atoms with E-state index in [9.17, 15) is 4.79 Å². The molecule has 0 bridgehead atoms. The van der Waals surface area contributed by atoms with Crippen LogP contribution in [0.3, 0.4) is 0 Å². The maximum Gasteiger partial charge on any atom is 0.228 e. The minimum Gasteiger partial charge on any atom is -0.342 e. The normalized spacial score (nSPS) is 29.6. The van der Waals surface area contributed by atoms with Crippen molar-refractivity contribution >= 4 is 5.91 Å². The summed E-state index contributed by atoms with van der Waals surface area (Å²) < 4.78 is 0. The average molecular weight is 252 g/mol. The molecule has 2 heterocycles. The second kappa shape index (κ2) is 5.20. The molecule has 0 aromatic heterocycles. The first-order valence-corrected chi connectivity index (χ1v) is 7.49. The number of likely N-dealkylation sites (tertiary alicyclic amines) is 1. The van der Waals surface area contributed by atoms with E-state index in [1.807, 2.05) is 0 Å². The van der Waals surface area contributed by atoms with E-state index in [2.05, 4.69) is 31.0 Å². The van der Waals surface area contributed by atoms with Gasteiger partial charge >= 0.3 is 0 Å². The lowest BCUT2D eigenvalue weighted by atomic mass is 9.73. The third kappa shape index (κ3) is 2.71. The molecule has 0 saturated carbocycles. The Labute approximate surface area is 111 Å². The first-order valence-electron chi connectivity index (χ1n) is 7.49. The second-order valence-electron chi connectivity index (χ2n) is 6.85. The van der Waals surface area contributed by atoms with Crippen molar-refractivity contribution in [1.29, 1.82) is 0 Å². The molecule has 0 aromatic carbocycles. The van der Waals surface area contributed by atoms with Gasteiger partial charge in [-0.25, -0.2) is 0 Å². The fraction of sp³-hybridized carbons (Fsp3) is 0.933. The molecule has 2 saturated heterocycles. The molecule has 2 fully saturated rings. The second-order valence-corrected chi connectivity index (χ2v) is 6.85. The zero-order valence-electron chi connectivity index (χ0n) is 12.2. The number of nitrogens with zero attached hydrogens (tertiary/aromatic N) is 1. The Balaban J connectivity index is 2.04. The van der Waals surface area contributed by atoms with Gasteiger partial charge in [0.25, 0.3) is 0 Å². The molecule has 2 aliphatic heterocycles. The summed E-state index contributed by atoms with van der Waals surface area (Å²) in [6.45, 7) is 10.5. The summed E-state index contributed by atoms with van der Waals surface area (Å²) in [6, 6.07) is 0. The first kappa shape index (κ1) is 13.9. The molecule has 0 radical (unpaired) electrons. The Hall–Kier alpha value is -0.570. The van der Waals surface area contributed by atoms with Crippen LogP contribution in [0.25, 0.3) is 0 Å². The van der Waals surface area contributed by atoms with Crippen molar-refractivity contribution in [3.63, 3.8) is 0 Å². The molecule has 1 atom stereocenters. The van der Waals surface area contributed by atoms with Gasteiger partial charge in [0, 0.05) is 30.5 Å². The number of rotatable bonds is 2. The van der Waals surface area contributed by atoms with E-state index >= 15 is 0 Å². The number of piperidine rings is 2. The third-order valence-electron chi connectivity index (χ3n) is 4.97. The quantitative estimate of drug-likeness (QED) is 0.818. The van der Waals surface area contributed by atoms with Crippen LogP contribution in [0.5, 0.6) is 0 Å². The van der Waals surface area contributed by atoms with Crippen molar-refractivity contribution in [2.45, 2.75) is 52.9 Å². The molecule has 3 nitrogen and oxygen atoms in total. The summed E-state index contributed by atoms with van der Waals surface area (Å²) in [4.78, 5) is 14.7. The number of hydrogen-bond donors (Lipinski definition) is 1. The summed E-state index contributed by atoms with van der Waals surface area (Å²) in [5.41, 5.74) is 0.177. The Bertz CT molecular complexity index is 300. The first-order chi connectivity index (χ1) is 8.49. The SMILES string of the molecule is CCC(C)(C)C(=O)N1CCCC2(CCCNC2)C1. The topological polar surface area (TPSA) is 32.3 Å². The lowest BCUT2D eigenvalue weighted by Gasteiger charge is -2.47. The molecule has 1 unspecified atom stereocenters. The lowest BCUT2D eigenvalue weighted by molar-refractivity contribution is -0.144. The van der Waals surface area contributed by atoms with E-state index < -0.39 is 0 Å². The standard InChI is InChI=1S/C15H28N2O/c1-4-14(2,3)13(18)17-10-6-8-15(12-17)7-5-9-16-11-15/h16H,4-12H2,1-3H3. The predicted octanol–water partition coefficient (Wildman–Crippen LogP) is 2.41. The van der Waals surface area contributed by atoms with Crippen LogP contribution in [0.4, 0.5) is 0 Å². The summed E-state index contributed by atoms with van der Waals surface area (Å²) in [5, 5.41) is 3.52. The maximum absolute atomic E-state index is 12.6. The number of hydrogen-bond acceptors (Lipinski definition) is 2. The van der Waals surface area contributed by atoms with Crippen LogP contribution in [0.1, 0.15) is 52.9 Å². The van der Waals surface area contributed by atoms with E-state index in [1.165, 1.54) is 25.7 Å². The van der Waals surface area contributed by atoms with E-state index in [0.29, 0.717) is 11.3 Å². The van der Waals surface area contributed by atoms with E-state index in [4.69, 9.17) is 0 Å². The van der Waals surface area contributed by atoms with Gasteiger partial charge in [0.05, 0.1) is 0 Å². The molecule has 1 N–H and O–H groups in total. The van der Waals surface area contributed by atoms with Crippen LogP contribution in [0.2, 0.25) is 0 Å². The van der Waals surface area contributed by atoms with Crippen molar-refractivity contribution in [3.05, 3.63) is 0 Å². The van der Waals surface area contributed by atoms with Crippen LogP contribution in [-0.2, 0) is 4.79 Å². The molecule has 104 valence electrons. The van der Waals surface area contributed by atoms with Gasteiger partial charge in [-0.15, -0.1) is 0 Å². The smallest absolute Gasteiger partial charge is 0.228 e. The monoisotopic (exact) mass is 252 g/mol. The van der Waals surface area contributed by atoms with E-state index in [0.717, 1.165) is 32.6 Å². The maximum atomic E-state index is 12.6. The van der Waals surface area contributed by atoms with Crippen molar-refractivity contribution in [3.8, 4) is 0 Å². The Morgan fingerprint density at radius 3 is 2.67 bits per heavy atom. The molecular weight excluding hydrogens is 224 g/mol. The molecule has 3 heteroatoms. The summed E-state index contributed by atoms with van der Waals surface area (Å²) in [5.74, 6) is 0.356. The zero-order valence-corrected chi connectivity index (χ0v) is 12.2. The molecule has 0 aliphatic carbocycles. The van der Waals surface area contributed by atoms with Gasteiger partial charge in [0.1, 0.15) is 0 Å². The molecule has 1 amide bonds. The van der Waals surface area contributed by atoms with E-state index in [1.54, 1.807) is 0 Å². The number of carbonyl (C=O) groups is 1. The number of amides is 1. The molecule has 1 spiro atoms. The van der Waals surface area contributed by atoms with Gasteiger partial charge in [0.2, 0.25) is 5.91 Å². The highest BCUT2D eigenvalue weighted by atomic mass is 16.2. The van der Waals surface area contributed by atoms with Crippen LogP contribution in [0.15, 0.2) is 0 Å². The van der Waals surface area contributed by atoms with Gasteiger partial charge in [-0.3, -0.25) is 4.79 Å². The Morgan fingerprint density at radius 2 is 2.06 bits per heavy atom. The average Bonchev–Trinajstić information content (AvgIpc) is 2.39. The highest BCUT2D eigenvalue weighted by molar-refractivity contribution is 5.82. The Morgan fingerprint density at radius 1 is 1.33 bits per heavy atom. The summed E-state index contributed by atoms with van der Waals surface area (Å²) in [6.07, 6.45) is 5.94. The molecule has 2 aliphatic rings. The van der Waals surface area contributed by atoms with Crippen molar-refractivity contribution in [1.82, 2.24) is 10.2 Å². The fourth-order valence-electron chi connectivity index (χ4n) is 3.34.